The van der Waals surface area contributed by atoms with Crippen molar-refractivity contribution in [3.63, 3.8) is 0 Å². The Bertz CT molecular complexity index is 973. The van der Waals surface area contributed by atoms with Crippen LogP contribution in [0.4, 0.5) is 14.5 Å². The number of halogens is 2. The van der Waals surface area contributed by atoms with Crippen LogP contribution < -0.4 is 4.72 Å². The predicted molar refractivity (Wildman–Crippen MR) is 89.0 cm³/mol. The zero-order valence-corrected chi connectivity index (χ0v) is 13.2. The number of benzene rings is 3. The fourth-order valence-electron chi connectivity index (χ4n) is 2.32. The van der Waals surface area contributed by atoms with Crippen molar-refractivity contribution in [3.8, 4) is 11.1 Å². The lowest BCUT2D eigenvalue weighted by Crippen LogP contribution is -2.15. The Morgan fingerprint density at radius 1 is 0.792 bits per heavy atom. The molecule has 0 unspecified atom stereocenters. The smallest absolute Gasteiger partial charge is 0.264 e. The molecule has 3 nitrogen and oxygen atoms in total. The van der Waals surface area contributed by atoms with Gasteiger partial charge in [-0.1, -0.05) is 48.5 Å². The molecule has 1 N–H and O–H groups in total. The fourth-order valence-corrected chi connectivity index (χ4v) is 3.49. The van der Waals surface area contributed by atoms with E-state index in [4.69, 9.17) is 0 Å². The first-order chi connectivity index (χ1) is 11.5. The van der Waals surface area contributed by atoms with Gasteiger partial charge in [0.05, 0.1) is 5.69 Å². The molecule has 0 aliphatic rings. The van der Waals surface area contributed by atoms with Crippen LogP contribution in [-0.4, -0.2) is 8.42 Å². The fraction of sp³-hybridized carbons (Fsp3) is 0. The molecule has 0 amide bonds. The van der Waals surface area contributed by atoms with Gasteiger partial charge in [0, 0.05) is 5.56 Å². The summed E-state index contributed by atoms with van der Waals surface area (Å²) in [6.07, 6.45) is 0. The third-order valence-corrected chi connectivity index (χ3v) is 4.82. The maximum absolute atomic E-state index is 13.8. The number of nitrogens with one attached hydrogen (secondary N) is 1. The van der Waals surface area contributed by atoms with Crippen LogP contribution in [0.5, 0.6) is 0 Å². The third-order valence-electron chi connectivity index (χ3n) is 3.44. The minimum atomic E-state index is -4.26. The van der Waals surface area contributed by atoms with Crippen molar-refractivity contribution >= 4 is 15.7 Å². The molecular formula is C18H13F2NO2S. The van der Waals surface area contributed by atoms with E-state index in [-0.39, 0.29) is 5.69 Å². The summed E-state index contributed by atoms with van der Waals surface area (Å²) in [6, 6.07) is 18.2. The number of rotatable bonds is 4. The number of sulfonamides is 1. The van der Waals surface area contributed by atoms with E-state index in [1.54, 1.807) is 24.3 Å². The van der Waals surface area contributed by atoms with Crippen LogP contribution in [0.15, 0.2) is 77.7 Å². The Kier molecular flexibility index (Phi) is 4.31. The molecule has 0 aliphatic carbocycles. The minimum Gasteiger partial charge on any atom is -0.279 e. The van der Waals surface area contributed by atoms with Gasteiger partial charge in [-0.2, -0.15) is 0 Å². The Morgan fingerprint density at radius 3 is 2.21 bits per heavy atom. The summed E-state index contributed by atoms with van der Waals surface area (Å²) in [6.45, 7) is 0. The van der Waals surface area contributed by atoms with E-state index in [9.17, 15) is 17.2 Å². The summed E-state index contributed by atoms with van der Waals surface area (Å²) in [7, 11) is -4.26. The van der Waals surface area contributed by atoms with Crippen LogP contribution in [0.3, 0.4) is 0 Å². The summed E-state index contributed by atoms with van der Waals surface area (Å²) < 4.78 is 54.3. The molecule has 0 heterocycles. The van der Waals surface area contributed by atoms with Crippen molar-refractivity contribution in [2.45, 2.75) is 4.90 Å². The zero-order chi connectivity index (χ0) is 17.2. The van der Waals surface area contributed by atoms with E-state index < -0.39 is 26.6 Å². The Balaban J connectivity index is 2.04. The van der Waals surface area contributed by atoms with Crippen molar-refractivity contribution in [1.82, 2.24) is 0 Å². The number of hydrogen-bond acceptors (Lipinski definition) is 2. The molecule has 24 heavy (non-hydrogen) atoms. The van der Waals surface area contributed by atoms with Gasteiger partial charge in [0.2, 0.25) is 0 Å². The highest BCUT2D eigenvalue weighted by atomic mass is 32.2. The van der Waals surface area contributed by atoms with E-state index in [1.165, 1.54) is 0 Å². The van der Waals surface area contributed by atoms with Gasteiger partial charge in [0.15, 0.2) is 0 Å². The van der Waals surface area contributed by atoms with Crippen molar-refractivity contribution in [2.75, 3.05) is 4.72 Å². The Hall–Kier alpha value is -2.73. The number of para-hydroxylation sites is 1. The molecule has 3 rings (SSSR count). The first-order valence-corrected chi connectivity index (χ1v) is 8.58. The maximum Gasteiger partial charge on any atom is 0.264 e. The van der Waals surface area contributed by atoms with Gasteiger partial charge in [-0.15, -0.1) is 0 Å². The molecule has 0 aliphatic heterocycles. The summed E-state index contributed by atoms with van der Waals surface area (Å²) in [4.78, 5) is -0.731. The highest BCUT2D eigenvalue weighted by Crippen LogP contribution is 2.30. The standard InChI is InChI=1S/C18H13F2NO2S/c19-14-10-11-16(20)18(12-14)24(22,23)21-17-9-5-4-8-15(17)13-6-2-1-3-7-13/h1-12,21H. The molecule has 0 atom stereocenters. The lowest BCUT2D eigenvalue weighted by atomic mass is 10.0. The first-order valence-electron chi connectivity index (χ1n) is 7.10. The lowest BCUT2D eigenvalue weighted by Gasteiger charge is -2.13. The van der Waals surface area contributed by atoms with Gasteiger partial charge in [0.25, 0.3) is 10.0 Å². The second kappa shape index (κ2) is 6.41. The second-order valence-corrected chi connectivity index (χ2v) is 6.74. The van der Waals surface area contributed by atoms with Crippen molar-refractivity contribution in [2.24, 2.45) is 0 Å². The predicted octanol–water partition coefficient (Wildman–Crippen LogP) is 4.43. The third kappa shape index (κ3) is 3.28. The Labute approximate surface area is 138 Å². The van der Waals surface area contributed by atoms with Crippen molar-refractivity contribution < 1.29 is 17.2 Å². The van der Waals surface area contributed by atoms with E-state index in [0.29, 0.717) is 11.6 Å². The van der Waals surface area contributed by atoms with Gasteiger partial charge < -0.3 is 0 Å². The average molecular weight is 345 g/mol. The minimum absolute atomic E-state index is 0.285. The van der Waals surface area contributed by atoms with Crippen molar-refractivity contribution in [1.29, 1.82) is 0 Å². The molecule has 0 spiro atoms. The molecule has 0 saturated carbocycles. The maximum atomic E-state index is 13.8. The van der Waals surface area contributed by atoms with Crippen LogP contribution in [0.25, 0.3) is 11.1 Å². The van der Waals surface area contributed by atoms with E-state index >= 15 is 0 Å². The van der Waals surface area contributed by atoms with Crippen LogP contribution in [-0.2, 0) is 10.0 Å². The summed E-state index contributed by atoms with van der Waals surface area (Å²) in [5.41, 5.74) is 1.72. The van der Waals surface area contributed by atoms with Crippen LogP contribution in [0.2, 0.25) is 0 Å². The molecule has 0 radical (unpaired) electrons. The molecular weight excluding hydrogens is 332 g/mol. The van der Waals surface area contributed by atoms with E-state index in [0.717, 1.165) is 17.7 Å². The van der Waals surface area contributed by atoms with Crippen LogP contribution >= 0.6 is 0 Å². The van der Waals surface area contributed by atoms with E-state index in [2.05, 4.69) is 4.72 Å². The molecule has 0 fully saturated rings. The average Bonchev–Trinajstić information content (AvgIpc) is 2.58. The second-order valence-electron chi connectivity index (χ2n) is 5.09. The van der Waals surface area contributed by atoms with Gasteiger partial charge in [0.1, 0.15) is 16.5 Å². The highest BCUT2D eigenvalue weighted by Gasteiger charge is 2.21. The van der Waals surface area contributed by atoms with Crippen LogP contribution in [0.1, 0.15) is 0 Å². The van der Waals surface area contributed by atoms with E-state index in [1.807, 2.05) is 30.3 Å². The Morgan fingerprint density at radius 2 is 1.46 bits per heavy atom. The van der Waals surface area contributed by atoms with Crippen molar-refractivity contribution in [3.05, 3.63) is 84.4 Å². The SMILES string of the molecule is O=S(=O)(Nc1ccccc1-c1ccccc1)c1cc(F)ccc1F. The van der Waals surface area contributed by atoms with Gasteiger partial charge in [-0.05, 0) is 29.8 Å². The summed E-state index contributed by atoms with van der Waals surface area (Å²) in [5.74, 6) is -1.84. The topological polar surface area (TPSA) is 46.2 Å². The number of anilines is 1. The zero-order valence-electron chi connectivity index (χ0n) is 12.4. The highest BCUT2D eigenvalue weighted by molar-refractivity contribution is 7.92. The van der Waals surface area contributed by atoms with Gasteiger partial charge in [-0.3, -0.25) is 4.72 Å². The molecule has 0 aromatic heterocycles. The summed E-state index contributed by atoms with van der Waals surface area (Å²) >= 11 is 0. The number of hydrogen-bond donors (Lipinski definition) is 1. The first kappa shape index (κ1) is 16.1. The molecule has 122 valence electrons. The normalized spacial score (nSPS) is 11.2. The van der Waals surface area contributed by atoms with Gasteiger partial charge in [-0.25, -0.2) is 17.2 Å². The molecule has 0 bridgehead atoms. The van der Waals surface area contributed by atoms with Crippen LogP contribution in [0, 0.1) is 11.6 Å². The quantitative estimate of drug-likeness (QED) is 0.760. The molecule has 0 saturated heterocycles. The lowest BCUT2D eigenvalue weighted by molar-refractivity contribution is 0.555. The molecule has 3 aromatic carbocycles. The molecule has 3 aromatic rings. The van der Waals surface area contributed by atoms with Gasteiger partial charge >= 0.3 is 0 Å². The monoisotopic (exact) mass is 345 g/mol. The largest absolute Gasteiger partial charge is 0.279 e. The summed E-state index contributed by atoms with van der Waals surface area (Å²) in [5, 5.41) is 0. The molecule has 6 heteroatoms.